The molecular formula is C23H26N4O4S. The zero-order valence-corrected chi connectivity index (χ0v) is 18.9. The van der Waals surface area contributed by atoms with E-state index >= 15 is 0 Å². The van der Waals surface area contributed by atoms with Gasteiger partial charge in [0.2, 0.25) is 10.0 Å². The summed E-state index contributed by atoms with van der Waals surface area (Å²) in [6, 6.07) is 14.4. The Hall–Kier alpha value is -3.17. The smallest absolute Gasteiger partial charge is 0.253 e. The second-order valence-electron chi connectivity index (χ2n) is 7.95. The summed E-state index contributed by atoms with van der Waals surface area (Å²) in [5.41, 5.74) is 2.30. The van der Waals surface area contributed by atoms with Crippen molar-refractivity contribution in [2.45, 2.75) is 36.9 Å². The molecule has 9 heteroatoms. The van der Waals surface area contributed by atoms with Crippen LogP contribution in [-0.2, 0) is 23.1 Å². The lowest BCUT2D eigenvalue weighted by Gasteiger charge is -2.18. The first kappa shape index (κ1) is 22.0. The fraction of sp³-hybridized carbons (Fsp3) is 0.304. The van der Waals surface area contributed by atoms with Crippen molar-refractivity contribution in [3.8, 4) is 5.75 Å². The molecule has 0 atom stereocenters. The number of hydrogen-bond acceptors (Lipinski definition) is 5. The average Bonchev–Trinajstić information content (AvgIpc) is 3.49. The van der Waals surface area contributed by atoms with Crippen molar-refractivity contribution < 1.29 is 17.9 Å². The molecule has 0 saturated heterocycles. The SMILES string of the molecule is COc1ccc(C(=O)N(C)Cc2cnn(Cc3ccccc3)c2)cc1S(=O)(=O)NC1CC1. The Morgan fingerprint density at radius 1 is 1.19 bits per heavy atom. The van der Waals surface area contributed by atoms with Crippen LogP contribution < -0.4 is 9.46 Å². The lowest BCUT2D eigenvalue weighted by atomic mass is 10.2. The van der Waals surface area contributed by atoms with Gasteiger partial charge >= 0.3 is 0 Å². The van der Waals surface area contributed by atoms with Gasteiger partial charge in [-0.25, -0.2) is 13.1 Å². The van der Waals surface area contributed by atoms with Crippen LogP contribution in [0.15, 0.2) is 65.8 Å². The van der Waals surface area contributed by atoms with Crippen molar-refractivity contribution in [3.63, 3.8) is 0 Å². The van der Waals surface area contributed by atoms with E-state index in [4.69, 9.17) is 4.74 Å². The molecule has 0 radical (unpaired) electrons. The monoisotopic (exact) mass is 454 g/mol. The van der Waals surface area contributed by atoms with Crippen LogP contribution in [0.1, 0.15) is 34.3 Å². The maximum atomic E-state index is 13.0. The molecule has 1 saturated carbocycles. The summed E-state index contributed by atoms with van der Waals surface area (Å²) in [5, 5.41) is 4.37. The number of benzene rings is 2. The van der Waals surface area contributed by atoms with Gasteiger partial charge in [0, 0.05) is 37.0 Å². The number of carbonyl (C=O) groups is 1. The number of hydrogen-bond donors (Lipinski definition) is 1. The molecule has 1 aliphatic carbocycles. The number of nitrogens with zero attached hydrogens (tertiary/aromatic N) is 3. The molecule has 1 heterocycles. The van der Waals surface area contributed by atoms with Crippen LogP contribution in [0.5, 0.6) is 5.75 Å². The third-order valence-electron chi connectivity index (χ3n) is 5.24. The summed E-state index contributed by atoms with van der Waals surface area (Å²) in [7, 11) is -0.679. The Morgan fingerprint density at radius 3 is 2.62 bits per heavy atom. The van der Waals surface area contributed by atoms with E-state index in [1.807, 2.05) is 41.2 Å². The van der Waals surface area contributed by atoms with Gasteiger partial charge in [0.1, 0.15) is 10.6 Å². The van der Waals surface area contributed by atoms with E-state index in [2.05, 4.69) is 9.82 Å². The lowest BCUT2D eigenvalue weighted by Crippen LogP contribution is -2.28. The van der Waals surface area contributed by atoms with Crippen LogP contribution in [-0.4, -0.2) is 49.2 Å². The highest BCUT2D eigenvalue weighted by Crippen LogP contribution is 2.28. The predicted molar refractivity (Wildman–Crippen MR) is 120 cm³/mol. The Balaban J connectivity index is 1.47. The van der Waals surface area contributed by atoms with Gasteiger partial charge in [0.15, 0.2) is 0 Å². The Kier molecular flexibility index (Phi) is 6.29. The summed E-state index contributed by atoms with van der Waals surface area (Å²) < 4.78 is 35.1. The molecule has 0 bridgehead atoms. The first-order valence-electron chi connectivity index (χ1n) is 10.4. The summed E-state index contributed by atoms with van der Waals surface area (Å²) in [6.07, 6.45) is 5.28. The minimum atomic E-state index is -3.77. The zero-order chi connectivity index (χ0) is 22.7. The highest BCUT2D eigenvalue weighted by atomic mass is 32.2. The van der Waals surface area contributed by atoms with Gasteiger partial charge < -0.3 is 9.64 Å². The number of carbonyl (C=O) groups excluding carboxylic acids is 1. The van der Waals surface area contributed by atoms with Crippen LogP contribution >= 0.6 is 0 Å². The van der Waals surface area contributed by atoms with Gasteiger partial charge in [0.25, 0.3) is 5.91 Å². The number of nitrogens with one attached hydrogen (secondary N) is 1. The molecule has 0 aliphatic heterocycles. The first-order valence-corrected chi connectivity index (χ1v) is 11.8. The average molecular weight is 455 g/mol. The van der Waals surface area contributed by atoms with Gasteiger partial charge in [-0.3, -0.25) is 9.48 Å². The number of aromatic nitrogens is 2. The van der Waals surface area contributed by atoms with Gasteiger partial charge in [-0.15, -0.1) is 0 Å². The number of sulfonamides is 1. The third kappa shape index (κ3) is 5.17. The molecule has 0 unspecified atom stereocenters. The quantitative estimate of drug-likeness (QED) is 0.537. The topological polar surface area (TPSA) is 93.5 Å². The zero-order valence-electron chi connectivity index (χ0n) is 18.1. The summed E-state index contributed by atoms with van der Waals surface area (Å²) in [6.45, 7) is 0.994. The maximum absolute atomic E-state index is 13.0. The molecule has 4 rings (SSSR count). The fourth-order valence-corrected chi connectivity index (χ4v) is 4.91. The molecule has 3 aromatic rings. The second kappa shape index (κ2) is 9.13. The van der Waals surface area contributed by atoms with Gasteiger partial charge in [-0.05, 0) is 36.6 Å². The van der Waals surface area contributed by atoms with Crippen molar-refractivity contribution in [1.82, 2.24) is 19.4 Å². The van der Waals surface area contributed by atoms with E-state index in [-0.39, 0.29) is 28.2 Å². The van der Waals surface area contributed by atoms with Crippen molar-refractivity contribution in [2.75, 3.05) is 14.2 Å². The van der Waals surface area contributed by atoms with Crippen molar-refractivity contribution in [2.24, 2.45) is 0 Å². The summed E-state index contributed by atoms with van der Waals surface area (Å²) in [4.78, 5) is 14.5. The molecule has 8 nitrogen and oxygen atoms in total. The normalized spacial score (nSPS) is 13.7. The maximum Gasteiger partial charge on any atom is 0.253 e. The molecule has 2 aromatic carbocycles. The highest BCUT2D eigenvalue weighted by molar-refractivity contribution is 7.89. The van der Waals surface area contributed by atoms with Crippen LogP contribution in [0.25, 0.3) is 0 Å². The predicted octanol–water partition coefficient (Wildman–Crippen LogP) is 2.65. The van der Waals surface area contributed by atoms with Crippen LogP contribution in [0.2, 0.25) is 0 Å². The van der Waals surface area contributed by atoms with E-state index < -0.39 is 10.0 Å². The minimum Gasteiger partial charge on any atom is -0.495 e. The van der Waals surface area contributed by atoms with Crippen molar-refractivity contribution >= 4 is 15.9 Å². The first-order chi connectivity index (χ1) is 15.4. The molecule has 1 fully saturated rings. The molecule has 1 N–H and O–H groups in total. The largest absolute Gasteiger partial charge is 0.495 e. The van der Waals surface area contributed by atoms with Gasteiger partial charge in [0.05, 0.1) is 19.9 Å². The highest BCUT2D eigenvalue weighted by Gasteiger charge is 2.30. The second-order valence-corrected chi connectivity index (χ2v) is 9.64. The van der Waals surface area contributed by atoms with Crippen LogP contribution in [0, 0.1) is 0 Å². The van der Waals surface area contributed by atoms with Crippen LogP contribution in [0.3, 0.4) is 0 Å². The fourth-order valence-electron chi connectivity index (χ4n) is 3.41. The summed E-state index contributed by atoms with van der Waals surface area (Å²) in [5.74, 6) is -0.0779. The molecule has 1 aliphatic rings. The number of ether oxygens (including phenoxy) is 1. The van der Waals surface area contributed by atoms with Gasteiger partial charge in [-0.2, -0.15) is 5.10 Å². The lowest BCUT2D eigenvalue weighted by molar-refractivity contribution is 0.0784. The molecule has 168 valence electrons. The van der Waals surface area contributed by atoms with E-state index in [1.54, 1.807) is 19.3 Å². The van der Waals surface area contributed by atoms with E-state index in [0.29, 0.717) is 13.1 Å². The third-order valence-corrected chi connectivity index (χ3v) is 6.78. The molecule has 0 spiro atoms. The van der Waals surface area contributed by atoms with E-state index in [0.717, 1.165) is 24.0 Å². The van der Waals surface area contributed by atoms with Crippen molar-refractivity contribution in [3.05, 3.63) is 77.6 Å². The molecular weight excluding hydrogens is 428 g/mol. The Bertz CT molecular complexity index is 1200. The minimum absolute atomic E-state index is 0.0261. The molecule has 1 aromatic heterocycles. The van der Waals surface area contributed by atoms with Gasteiger partial charge in [-0.1, -0.05) is 30.3 Å². The Morgan fingerprint density at radius 2 is 1.94 bits per heavy atom. The molecule has 1 amide bonds. The van der Waals surface area contributed by atoms with E-state index in [9.17, 15) is 13.2 Å². The number of rotatable bonds is 9. The Labute approximate surface area is 187 Å². The standard InChI is InChI=1S/C23H26N4O4S/c1-26(14-18-13-24-27(16-18)15-17-6-4-3-5-7-17)23(28)19-8-11-21(31-2)22(12-19)32(29,30)25-20-9-10-20/h3-8,11-13,16,20,25H,9-10,14-15H2,1-2H3. The van der Waals surface area contributed by atoms with Crippen molar-refractivity contribution in [1.29, 1.82) is 0 Å². The number of methoxy groups -OCH3 is 1. The summed E-state index contributed by atoms with van der Waals surface area (Å²) >= 11 is 0. The van der Waals surface area contributed by atoms with Crippen LogP contribution in [0.4, 0.5) is 0 Å². The molecule has 32 heavy (non-hydrogen) atoms. The number of amides is 1. The van der Waals surface area contributed by atoms with E-state index in [1.165, 1.54) is 24.1 Å².